The van der Waals surface area contributed by atoms with Gasteiger partial charge >= 0.3 is 0 Å². The summed E-state index contributed by atoms with van der Waals surface area (Å²) in [5.74, 6) is 0.472. The van der Waals surface area contributed by atoms with Gasteiger partial charge in [-0.15, -0.1) is 0 Å². The normalized spacial score (nSPS) is 10.2. The average Bonchev–Trinajstić information content (AvgIpc) is 2.59. The SMILES string of the molecule is COCCOc1ccc(NC(=S)NC(=O)c2ccc(C)c(Br)c2)cc1. The van der Waals surface area contributed by atoms with Crippen molar-refractivity contribution in [2.75, 3.05) is 25.6 Å². The number of hydrogen-bond donors (Lipinski definition) is 2. The smallest absolute Gasteiger partial charge is 0.257 e. The summed E-state index contributed by atoms with van der Waals surface area (Å²) in [5.41, 5.74) is 2.35. The second kappa shape index (κ2) is 9.50. The minimum absolute atomic E-state index is 0.231. The molecule has 0 unspecified atom stereocenters. The number of carbonyl (C=O) groups is 1. The highest BCUT2D eigenvalue weighted by Crippen LogP contribution is 2.18. The summed E-state index contributed by atoms with van der Waals surface area (Å²) in [6.45, 7) is 2.98. The van der Waals surface area contributed by atoms with Crippen molar-refractivity contribution in [3.63, 3.8) is 0 Å². The van der Waals surface area contributed by atoms with Crippen molar-refractivity contribution >= 4 is 44.9 Å². The number of methoxy groups -OCH3 is 1. The molecule has 2 aromatic rings. The third kappa shape index (κ3) is 6.12. The van der Waals surface area contributed by atoms with Crippen molar-refractivity contribution in [3.8, 4) is 5.75 Å². The Hall–Kier alpha value is -1.96. The molecule has 0 saturated carbocycles. The van der Waals surface area contributed by atoms with Gasteiger partial charge in [-0.1, -0.05) is 22.0 Å². The summed E-state index contributed by atoms with van der Waals surface area (Å²) in [4.78, 5) is 12.2. The number of thiocarbonyl (C=S) groups is 1. The average molecular weight is 423 g/mol. The van der Waals surface area contributed by atoms with Gasteiger partial charge in [0.05, 0.1) is 6.61 Å². The molecule has 25 heavy (non-hydrogen) atoms. The number of nitrogens with one attached hydrogen (secondary N) is 2. The molecule has 0 aliphatic carbocycles. The maximum absolute atomic E-state index is 12.2. The number of anilines is 1. The molecule has 0 bridgehead atoms. The van der Waals surface area contributed by atoms with Crippen LogP contribution in [0.3, 0.4) is 0 Å². The van der Waals surface area contributed by atoms with E-state index in [1.54, 1.807) is 19.2 Å². The molecule has 0 heterocycles. The number of ether oxygens (including phenoxy) is 2. The molecule has 0 saturated heterocycles. The van der Waals surface area contributed by atoms with Crippen LogP contribution in [0.25, 0.3) is 0 Å². The zero-order chi connectivity index (χ0) is 18.2. The summed E-state index contributed by atoms with van der Waals surface area (Å²) >= 11 is 8.60. The van der Waals surface area contributed by atoms with E-state index in [0.29, 0.717) is 18.8 Å². The van der Waals surface area contributed by atoms with Gasteiger partial charge in [-0.05, 0) is 61.1 Å². The Morgan fingerprint density at radius 3 is 2.52 bits per heavy atom. The lowest BCUT2D eigenvalue weighted by Gasteiger charge is -2.11. The molecule has 2 aromatic carbocycles. The zero-order valence-electron chi connectivity index (χ0n) is 14.0. The van der Waals surface area contributed by atoms with Crippen LogP contribution >= 0.6 is 28.1 Å². The first-order valence-corrected chi connectivity index (χ1v) is 8.80. The largest absolute Gasteiger partial charge is 0.491 e. The van der Waals surface area contributed by atoms with Gasteiger partial charge in [0.2, 0.25) is 0 Å². The van der Waals surface area contributed by atoms with Gasteiger partial charge in [0.1, 0.15) is 12.4 Å². The monoisotopic (exact) mass is 422 g/mol. The van der Waals surface area contributed by atoms with Crippen LogP contribution < -0.4 is 15.4 Å². The standard InChI is InChI=1S/C18H19BrN2O3S/c1-12-3-4-13(11-16(12)19)17(22)21-18(25)20-14-5-7-15(8-6-14)24-10-9-23-2/h3-8,11H,9-10H2,1-2H3,(H2,20,21,22,25). The van der Waals surface area contributed by atoms with Gasteiger partial charge in [0, 0.05) is 22.8 Å². The molecule has 0 spiro atoms. The van der Waals surface area contributed by atoms with Crippen molar-refractivity contribution in [1.82, 2.24) is 5.32 Å². The molecule has 0 radical (unpaired) electrons. The van der Waals surface area contributed by atoms with E-state index in [0.717, 1.165) is 21.5 Å². The maximum Gasteiger partial charge on any atom is 0.257 e. The van der Waals surface area contributed by atoms with Gasteiger partial charge in [-0.25, -0.2) is 0 Å². The molecule has 2 rings (SSSR count). The van der Waals surface area contributed by atoms with Crippen molar-refractivity contribution in [1.29, 1.82) is 0 Å². The van der Waals surface area contributed by atoms with E-state index in [1.807, 2.05) is 37.3 Å². The van der Waals surface area contributed by atoms with Crippen molar-refractivity contribution in [2.24, 2.45) is 0 Å². The number of rotatable bonds is 6. The van der Waals surface area contributed by atoms with Crippen LogP contribution in [0.5, 0.6) is 5.75 Å². The highest BCUT2D eigenvalue weighted by atomic mass is 79.9. The van der Waals surface area contributed by atoms with Crippen LogP contribution in [0.15, 0.2) is 46.9 Å². The molecule has 5 nitrogen and oxygen atoms in total. The highest BCUT2D eigenvalue weighted by Gasteiger charge is 2.09. The number of hydrogen-bond acceptors (Lipinski definition) is 4. The summed E-state index contributed by atoms with van der Waals surface area (Å²) < 4.78 is 11.3. The Kier molecular flexibility index (Phi) is 7.36. The van der Waals surface area contributed by atoms with E-state index in [-0.39, 0.29) is 11.0 Å². The lowest BCUT2D eigenvalue weighted by atomic mass is 10.1. The molecule has 0 aromatic heterocycles. The number of halogens is 1. The molecule has 2 N–H and O–H groups in total. The quantitative estimate of drug-likeness (QED) is 0.545. The Balaban J connectivity index is 1.88. The molecule has 0 fully saturated rings. The summed E-state index contributed by atoms with van der Waals surface area (Å²) in [6, 6.07) is 12.7. The van der Waals surface area contributed by atoms with Crippen LogP contribution in [-0.4, -0.2) is 31.3 Å². The minimum Gasteiger partial charge on any atom is -0.491 e. The van der Waals surface area contributed by atoms with Crippen LogP contribution in [-0.2, 0) is 4.74 Å². The third-order valence-corrected chi connectivity index (χ3v) is 4.39. The van der Waals surface area contributed by atoms with Crippen molar-refractivity contribution in [3.05, 3.63) is 58.1 Å². The number of aryl methyl sites for hydroxylation is 1. The van der Waals surface area contributed by atoms with Crippen LogP contribution in [0.2, 0.25) is 0 Å². The Morgan fingerprint density at radius 2 is 1.88 bits per heavy atom. The van der Waals surface area contributed by atoms with Gasteiger partial charge < -0.3 is 14.8 Å². The van der Waals surface area contributed by atoms with Gasteiger partial charge in [-0.3, -0.25) is 10.1 Å². The highest BCUT2D eigenvalue weighted by molar-refractivity contribution is 9.10. The fourth-order valence-corrected chi connectivity index (χ4v) is 2.54. The van der Waals surface area contributed by atoms with E-state index in [1.165, 1.54) is 0 Å². The van der Waals surface area contributed by atoms with E-state index < -0.39 is 0 Å². The lowest BCUT2D eigenvalue weighted by molar-refractivity contribution is 0.0977. The van der Waals surface area contributed by atoms with Crippen LogP contribution in [0.4, 0.5) is 5.69 Å². The maximum atomic E-state index is 12.2. The summed E-state index contributed by atoms with van der Waals surface area (Å²) in [5, 5.41) is 5.86. The van der Waals surface area contributed by atoms with E-state index in [9.17, 15) is 4.79 Å². The van der Waals surface area contributed by atoms with Gasteiger partial charge in [0.15, 0.2) is 5.11 Å². The molecule has 0 aliphatic rings. The van der Waals surface area contributed by atoms with E-state index in [4.69, 9.17) is 21.7 Å². The molecule has 0 aliphatic heterocycles. The predicted molar refractivity (Wildman–Crippen MR) is 106 cm³/mol. The minimum atomic E-state index is -0.266. The van der Waals surface area contributed by atoms with Gasteiger partial charge in [0.25, 0.3) is 5.91 Å². The Labute approximate surface area is 160 Å². The zero-order valence-corrected chi connectivity index (χ0v) is 16.4. The molecule has 1 amide bonds. The fraction of sp³-hybridized carbons (Fsp3) is 0.222. The molecular formula is C18H19BrN2O3S. The second-order valence-corrected chi connectivity index (χ2v) is 6.50. The lowest BCUT2D eigenvalue weighted by Crippen LogP contribution is -2.34. The Morgan fingerprint density at radius 1 is 1.16 bits per heavy atom. The summed E-state index contributed by atoms with van der Waals surface area (Å²) in [7, 11) is 1.63. The Bertz CT molecular complexity index is 750. The first-order chi connectivity index (χ1) is 12.0. The van der Waals surface area contributed by atoms with Crippen molar-refractivity contribution in [2.45, 2.75) is 6.92 Å². The summed E-state index contributed by atoms with van der Waals surface area (Å²) in [6.07, 6.45) is 0. The third-order valence-electron chi connectivity index (χ3n) is 3.33. The van der Waals surface area contributed by atoms with Gasteiger partial charge in [-0.2, -0.15) is 0 Å². The molecule has 7 heteroatoms. The first-order valence-electron chi connectivity index (χ1n) is 7.60. The number of amides is 1. The molecular weight excluding hydrogens is 404 g/mol. The predicted octanol–water partition coefficient (Wildman–Crippen LogP) is 3.91. The van der Waals surface area contributed by atoms with Crippen LogP contribution in [0.1, 0.15) is 15.9 Å². The second-order valence-electron chi connectivity index (χ2n) is 5.24. The number of benzene rings is 2. The van der Waals surface area contributed by atoms with Crippen LogP contribution in [0, 0.1) is 6.92 Å². The molecule has 0 atom stereocenters. The topological polar surface area (TPSA) is 59.6 Å². The first kappa shape index (κ1) is 19.4. The van der Waals surface area contributed by atoms with E-state index in [2.05, 4.69) is 26.6 Å². The van der Waals surface area contributed by atoms with E-state index >= 15 is 0 Å². The fourth-order valence-electron chi connectivity index (χ4n) is 1.95. The molecule has 132 valence electrons. The van der Waals surface area contributed by atoms with Crippen molar-refractivity contribution < 1.29 is 14.3 Å². The number of carbonyl (C=O) groups excluding carboxylic acids is 1.